The standard InChI is InChI=1S/C18H24BrNO/c1-11-9-12(5-6-14(11)19)16(21)20-15-10-13-7-8-18(15,4)17(13,2)3/h5-6,9,13,15H,7-8,10H2,1-4H3,(H,20,21). The molecule has 2 saturated carbocycles. The Morgan fingerprint density at radius 2 is 2.05 bits per heavy atom. The van der Waals surface area contributed by atoms with E-state index in [1.165, 1.54) is 12.8 Å². The molecule has 1 N–H and O–H groups in total. The van der Waals surface area contributed by atoms with Crippen LogP contribution in [0.25, 0.3) is 0 Å². The van der Waals surface area contributed by atoms with Gasteiger partial charge in [-0.1, -0.05) is 36.7 Å². The highest BCUT2D eigenvalue weighted by Gasteiger charge is 2.61. The Kier molecular flexibility index (Phi) is 3.47. The molecule has 21 heavy (non-hydrogen) atoms. The van der Waals surface area contributed by atoms with E-state index in [-0.39, 0.29) is 11.3 Å². The first-order valence-electron chi connectivity index (χ1n) is 7.83. The molecule has 2 aliphatic carbocycles. The predicted molar refractivity (Wildman–Crippen MR) is 89.4 cm³/mol. The van der Waals surface area contributed by atoms with E-state index in [4.69, 9.17) is 0 Å². The van der Waals surface area contributed by atoms with Gasteiger partial charge in [-0.2, -0.15) is 0 Å². The molecule has 1 amide bonds. The van der Waals surface area contributed by atoms with Crippen LogP contribution in [0.3, 0.4) is 0 Å². The summed E-state index contributed by atoms with van der Waals surface area (Å²) >= 11 is 3.48. The zero-order chi connectivity index (χ0) is 15.4. The Hall–Kier alpha value is -0.830. The SMILES string of the molecule is Cc1cc(C(=O)NC2CC3CCC2(C)C3(C)C)ccc1Br. The summed E-state index contributed by atoms with van der Waals surface area (Å²) in [6.45, 7) is 9.13. The molecule has 3 heteroatoms. The van der Waals surface area contributed by atoms with Crippen LogP contribution < -0.4 is 5.32 Å². The van der Waals surface area contributed by atoms with Crippen molar-refractivity contribution in [3.63, 3.8) is 0 Å². The summed E-state index contributed by atoms with van der Waals surface area (Å²) in [5, 5.41) is 3.32. The van der Waals surface area contributed by atoms with Crippen LogP contribution in [0.5, 0.6) is 0 Å². The molecule has 0 saturated heterocycles. The third-order valence-electron chi connectivity index (χ3n) is 6.52. The quantitative estimate of drug-likeness (QED) is 0.823. The molecule has 0 aliphatic heterocycles. The van der Waals surface area contributed by atoms with Crippen LogP contribution in [0, 0.1) is 23.7 Å². The largest absolute Gasteiger partial charge is 0.349 e. The minimum atomic E-state index is 0.0696. The lowest BCUT2D eigenvalue weighted by atomic mass is 9.69. The predicted octanol–water partition coefficient (Wildman–Crippen LogP) is 4.70. The lowest BCUT2D eigenvalue weighted by molar-refractivity contribution is 0.0826. The molecule has 3 unspecified atom stereocenters. The van der Waals surface area contributed by atoms with Gasteiger partial charge in [0.2, 0.25) is 0 Å². The van der Waals surface area contributed by atoms with Gasteiger partial charge >= 0.3 is 0 Å². The van der Waals surface area contributed by atoms with Crippen LogP contribution in [0.4, 0.5) is 0 Å². The minimum Gasteiger partial charge on any atom is -0.349 e. The van der Waals surface area contributed by atoms with Gasteiger partial charge in [-0.25, -0.2) is 0 Å². The van der Waals surface area contributed by atoms with Crippen molar-refractivity contribution in [1.82, 2.24) is 5.32 Å². The molecule has 3 rings (SSSR count). The molecule has 114 valence electrons. The molecule has 2 nitrogen and oxygen atoms in total. The van der Waals surface area contributed by atoms with E-state index in [9.17, 15) is 4.79 Å². The summed E-state index contributed by atoms with van der Waals surface area (Å²) < 4.78 is 1.05. The first kappa shape index (κ1) is 15.1. The number of rotatable bonds is 2. The molecule has 2 aliphatic rings. The molecule has 0 radical (unpaired) electrons. The van der Waals surface area contributed by atoms with Crippen molar-refractivity contribution in [3.8, 4) is 0 Å². The second kappa shape index (κ2) is 4.84. The number of aryl methyl sites for hydroxylation is 1. The van der Waals surface area contributed by atoms with Crippen molar-refractivity contribution >= 4 is 21.8 Å². The van der Waals surface area contributed by atoms with Gasteiger partial charge in [-0.05, 0) is 66.7 Å². The van der Waals surface area contributed by atoms with Crippen molar-refractivity contribution in [1.29, 1.82) is 0 Å². The van der Waals surface area contributed by atoms with Crippen molar-refractivity contribution in [3.05, 3.63) is 33.8 Å². The Morgan fingerprint density at radius 1 is 1.33 bits per heavy atom. The molecule has 0 aromatic heterocycles. The van der Waals surface area contributed by atoms with Gasteiger partial charge in [-0.15, -0.1) is 0 Å². The number of hydrogen-bond donors (Lipinski definition) is 1. The molecule has 2 fully saturated rings. The summed E-state index contributed by atoms with van der Waals surface area (Å²) in [5.74, 6) is 0.819. The van der Waals surface area contributed by atoms with Crippen LogP contribution in [-0.4, -0.2) is 11.9 Å². The van der Waals surface area contributed by atoms with Crippen molar-refractivity contribution < 1.29 is 4.79 Å². The number of hydrogen-bond acceptors (Lipinski definition) is 1. The average Bonchev–Trinajstić information content (AvgIpc) is 2.75. The van der Waals surface area contributed by atoms with Gasteiger partial charge in [0.15, 0.2) is 0 Å². The number of carbonyl (C=O) groups excluding carboxylic acids is 1. The topological polar surface area (TPSA) is 29.1 Å². The fraction of sp³-hybridized carbons (Fsp3) is 0.611. The van der Waals surface area contributed by atoms with Gasteiger partial charge in [0.1, 0.15) is 0 Å². The monoisotopic (exact) mass is 349 g/mol. The fourth-order valence-corrected chi connectivity index (χ4v) is 4.70. The number of benzene rings is 1. The highest BCUT2D eigenvalue weighted by molar-refractivity contribution is 9.10. The van der Waals surface area contributed by atoms with Gasteiger partial charge in [0.25, 0.3) is 5.91 Å². The minimum absolute atomic E-state index is 0.0696. The first-order chi connectivity index (χ1) is 9.75. The van der Waals surface area contributed by atoms with Gasteiger partial charge in [0.05, 0.1) is 0 Å². The molecule has 1 aromatic carbocycles. The highest BCUT2D eigenvalue weighted by atomic mass is 79.9. The van der Waals surface area contributed by atoms with Crippen molar-refractivity contribution in [2.75, 3.05) is 0 Å². The van der Waals surface area contributed by atoms with E-state index in [0.29, 0.717) is 11.5 Å². The van der Waals surface area contributed by atoms with E-state index >= 15 is 0 Å². The summed E-state index contributed by atoms with van der Waals surface area (Å²) in [5.41, 5.74) is 2.43. The third kappa shape index (κ3) is 2.16. The normalized spacial score (nSPS) is 33.2. The number of nitrogens with one attached hydrogen (secondary N) is 1. The Labute approximate surface area is 135 Å². The lowest BCUT2D eigenvalue weighted by Crippen LogP contribution is -2.46. The summed E-state index contributed by atoms with van der Waals surface area (Å²) in [4.78, 5) is 12.6. The number of fused-ring (bicyclic) bond motifs is 2. The van der Waals surface area contributed by atoms with Gasteiger partial charge in [0, 0.05) is 16.1 Å². The van der Waals surface area contributed by atoms with E-state index in [2.05, 4.69) is 42.0 Å². The molecule has 3 atom stereocenters. The second-order valence-electron chi connectivity index (χ2n) is 7.60. The van der Waals surface area contributed by atoms with Gasteiger partial charge in [-0.3, -0.25) is 4.79 Å². The van der Waals surface area contributed by atoms with E-state index in [0.717, 1.165) is 27.9 Å². The Morgan fingerprint density at radius 3 is 2.57 bits per heavy atom. The molecule has 0 spiro atoms. The Bertz CT molecular complexity index is 595. The second-order valence-corrected chi connectivity index (χ2v) is 8.45. The van der Waals surface area contributed by atoms with Crippen molar-refractivity contribution in [2.45, 2.75) is 53.0 Å². The van der Waals surface area contributed by atoms with Crippen LogP contribution in [-0.2, 0) is 0 Å². The highest BCUT2D eigenvalue weighted by Crippen LogP contribution is 2.65. The summed E-state index contributed by atoms with van der Waals surface area (Å²) in [6.07, 6.45) is 3.67. The van der Waals surface area contributed by atoms with E-state index in [1.54, 1.807) is 0 Å². The van der Waals surface area contributed by atoms with Crippen LogP contribution >= 0.6 is 15.9 Å². The fourth-order valence-electron chi connectivity index (χ4n) is 4.45. The Balaban J connectivity index is 1.79. The van der Waals surface area contributed by atoms with E-state index in [1.807, 2.05) is 25.1 Å². The van der Waals surface area contributed by atoms with Crippen LogP contribution in [0.1, 0.15) is 56.0 Å². The zero-order valence-corrected chi connectivity index (χ0v) is 14.9. The third-order valence-corrected chi connectivity index (χ3v) is 7.41. The molecule has 0 heterocycles. The maximum atomic E-state index is 12.6. The van der Waals surface area contributed by atoms with Gasteiger partial charge < -0.3 is 5.32 Å². The van der Waals surface area contributed by atoms with Crippen LogP contribution in [0.2, 0.25) is 0 Å². The van der Waals surface area contributed by atoms with Crippen molar-refractivity contribution in [2.24, 2.45) is 16.7 Å². The maximum Gasteiger partial charge on any atom is 0.251 e. The number of halogens is 1. The number of amides is 1. The molecule has 2 bridgehead atoms. The maximum absolute atomic E-state index is 12.6. The smallest absolute Gasteiger partial charge is 0.251 e. The molecule has 1 aromatic rings. The zero-order valence-electron chi connectivity index (χ0n) is 13.3. The first-order valence-corrected chi connectivity index (χ1v) is 8.62. The number of carbonyl (C=O) groups is 1. The summed E-state index contributed by atoms with van der Waals surface area (Å²) in [7, 11) is 0. The average molecular weight is 350 g/mol. The summed E-state index contributed by atoms with van der Waals surface area (Å²) in [6, 6.07) is 6.12. The van der Waals surface area contributed by atoms with Crippen LogP contribution in [0.15, 0.2) is 22.7 Å². The molecular formula is C18H24BrNO. The van der Waals surface area contributed by atoms with E-state index < -0.39 is 0 Å². The molecular weight excluding hydrogens is 326 g/mol. The lowest BCUT2D eigenvalue weighted by Gasteiger charge is -2.39.